The maximum Gasteiger partial charge on any atom is 0.281 e. The molecule has 3 saturated carbocycles. The first-order chi connectivity index (χ1) is 17.3. The lowest BCUT2D eigenvalue weighted by molar-refractivity contribution is -0.128. The third-order valence-electron chi connectivity index (χ3n) is 8.64. The summed E-state index contributed by atoms with van der Waals surface area (Å²) < 4.78 is 34.9. The number of carbonyl (C=O) groups is 1. The smallest absolute Gasteiger partial charge is 0.281 e. The molecule has 3 aliphatic carbocycles. The Balaban J connectivity index is 1.17. The maximum atomic E-state index is 13.3. The molecule has 36 heavy (non-hydrogen) atoms. The molecule has 1 aromatic heterocycles. The van der Waals surface area contributed by atoms with Crippen molar-refractivity contribution in [3.63, 3.8) is 0 Å². The largest absolute Gasteiger partial charge is 0.477 e. The maximum absolute atomic E-state index is 13.3. The van der Waals surface area contributed by atoms with Crippen molar-refractivity contribution in [1.82, 2.24) is 9.71 Å². The van der Waals surface area contributed by atoms with Gasteiger partial charge in [-0.15, -0.1) is 0 Å². The molecule has 1 N–H and O–H groups in total. The molecule has 0 bridgehead atoms. The highest BCUT2D eigenvalue weighted by Gasteiger charge is 2.54. The number of anilines is 1. The molecule has 0 atom stereocenters. The minimum Gasteiger partial charge on any atom is -0.477 e. The molecule has 6 rings (SSSR count). The SMILES string of the molecule is Cc1ccc(C2CCCCC2)c(OC2(C(=O)NS(=O)(=O)c3cccc(N4CC5(CCC5)C4)n3)CC2)c1. The number of hydrogen-bond donors (Lipinski definition) is 1. The number of hydrogen-bond acceptors (Lipinski definition) is 6. The second-order valence-corrected chi connectivity index (χ2v) is 13.1. The third kappa shape index (κ3) is 4.38. The van der Waals surface area contributed by atoms with Crippen LogP contribution in [0, 0.1) is 12.3 Å². The molecule has 4 aliphatic rings. The average molecular weight is 510 g/mol. The van der Waals surface area contributed by atoms with E-state index in [4.69, 9.17) is 4.74 Å². The molecule has 0 radical (unpaired) electrons. The zero-order chi connectivity index (χ0) is 25.0. The zero-order valence-electron chi connectivity index (χ0n) is 21.0. The zero-order valence-corrected chi connectivity index (χ0v) is 21.8. The number of nitrogens with one attached hydrogen (secondary N) is 1. The number of nitrogens with zero attached hydrogens (tertiary/aromatic N) is 2. The summed E-state index contributed by atoms with van der Waals surface area (Å²) in [6.45, 7) is 3.85. The Morgan fingerprint density at radius 2 is 1.78 bits per heavy atom. The third-order valence-corrected chi connectivity index (χ3v) is 9.87. The van der Waals surface area contributed by atoms with Crippen LogP contribution in [0.15, 0.2) is 41.4 Å². The molecule has 4 fully saturated rings. The van der Waals surface area contributed by atoms with Gasteiger partial charge in [-0.25, -0.2) is 9.71 Å². The molecule has 2 aromatic rings. The summed E-state index contributed by atoms with van der Waals surface area (Å²) in [5.41, 5.74) is 1.46. The van der Waals surface area contributed by atoms with E-state index < -0.39 is 21.5 Å². The molecule has 1 spiro atoms. The van der Waals surface area contributed by atoms with Gasteiger partial charge in [0.1, 0.15) is 11.6 Å². The minimum atomic E-state index is -4.11. The van der Waals surface area contributed by atoms with Crippen LogP contribution in [0.3, 0.4) is 0 Å². The van der Waals surface area contributed by atoms with Gasteiger partial charge in [-0.1, -0.05) is 43.9 Å². The van der Waals surface area contributed by atoms with Crippen LogP contribution in [0.2, 0.25) is 0 Å². The molecule has 1 amide bonds. The molecule has 1 aromatic carbocycles. The van der Waals surface area contributed by atoms with Crippen LogP contribution in [0.5, 0.6) is 5.75 Å². The highest BCUT2D eigenvalue weighted by molar-refractivity contribution is 7.90. The number of ether oxygens (including phenoxy) is 1. The first-order valence-electron chi connectivity index (χ1n) is 13.4. The van der Waals surface area contributed by atoms with Gasteiger partial charge in [-0.2, -0.15) is 8.42 Å². The van der Waals surface area contributed by atoms with Gasteiger partial charge in [0, 0.05) is 31.3 Å². The van der Waals surface area contributed by atoms with Crippen LogP contribution in [0.4, 0.5) is 5.82 Å². The molecule has 2 heterocycles. The second kappa shape index (κ2) is 8.75. The van der Waals surface area contributed by atoms with Crippen LogP contribution in [0.25, 0.3) is 0 Å². The van der Waals surface area contributed by atoms with E-state index in [1.54, 1.807) is 6.07 Å². The van der Waals surface area contributed by atoms with Crippen molar-refractivity contribution >= 4 is 21.7 Å². The molecular weight excluding hydrogens is 474 g/mol. The van der Waals surface area contributed by atoms with E-state index in [-0.39, 0.29) is 5.03 Å². The van der Waals surface area contributed by atoms with Crippen molar-refractivity contribution < 1.29 is 17.9 Å². The van der Waals surface area contributed by atoms with Crippen molar-refractivity contribution in [2.24, 2.45) is 5.41 Å². The lowest BCUT2D eigenvalue weighted by Gasteiger charge is -2.56. The Morgan fingerprint density at radius 1 is 1.03 bits per heavy atom. The Morgan fingerprint density at radius 3 is 2.44 bits per heavy atom. The van der Waals surface area contributed by atoms with E-state index in [0.717, 1.165) is 42.8 Å². The van der Waals surface area contributed by atoms with Gasteiger partial charge in [0.2, 0.25) is 0 Å². The number of sulfonamides is 1. The van der Waals surface area contributed by atoms with Crippen molar-refractivity contribution in [3.05, 3.63) is 47.5 Å². The summed E-state index contributed by atoms with van der Waals surface area (Å²) in [4.78, 5) is 19.8. The Labute approximate surface area is 213 Å². The molecule has 1 saturated heterocycles. The number of aromatic nitrogens is 1. The van der Waals surface area contributed by atoms with Crippen molar-refractivity contribution in [2.45, 2.75) is 87.7 Å². The average Bonchev–Trinajstić information content (AvgIpc) is 3.59. The molecular formula is C28H35N3O4S. The Hall–Kier alpha value is -2.61. The van der Waals surface area contributed by atoms with Gasteiger partial charge in [0.15, 0.2) is 10.6 Å². The number of pyridine rings is 1. The van der Waals surface area contributed by atoms with Crippen LogP contribution in [-0.2, 0) is 14.8 Å². The van der Waals surface area contributed by atoms with Gasteiger partial charge in [0.05, 0.1) is 0 Å². The highest BCUT2D eigenvalue weighted by atomic mass is 32.2. The van der Waals surface area contributed by atoms with E-state index in [1.165, 1.54) is 44.6 Å². The lowest BCUT2D eigenvalue weighted by Crippen LogP contribution is -2.60. The van der Waals surface area contributed by atoms with Crippen LogP contribution in [0.1, 0.15) is 81.3 Å². The first-order valence-corrected chi connectivity index (χ1v) is 14.8. The number of benzene rings is 1. The molecule has 0 unspecified atom stereocenters. The van der Waals surface area contributed by atoms with Gasteiger partial charge >= 0.3 is 0 Å². The predicted molar refractivity (Wildman–Crippen MR) is 138 cm³/mol. The van der Waals surface area contributed by atoms with E-state index in [9.17, 15) is 13.2 Å². The van der Waals surface area contributed by atoms with E-state index in [0.29, 0.717) is 30.0 Å². The summed E-state index contributed by atoms with van der Waals surface area (Å²) in [6, 6.07) is 11.2. The molecule has 7 nitrogen and oxygen atoms in total. The number of aryl methyl sites for hydroxylation is 1. The van der Waals surface area contributed by atoms with E-state index >= 15 is 0 Å². The summed E-state index contributed by atoms with van der Waals surface area (Å²) >= 11 is 0. The van der Waals surface area contributed by atoms with E-state index in [2.05, 4.69) is 26.7 Å². The topological polar surface area (TPSA) is 88.6 Å². The second-order valence-electron chi connectivity index (χ2n) is 11.5. The normalized spacial score (nSPS) is 22.4. The van der Waals surface area contributed by atoms with Crippen LogP contribution in [-0.4, -0.2) is 38.0 Å². The summed E-state index contributed by atoms with van der Waals surface area (Å²) in [7, 11) is -4.11. The van der Waals surface area contributed by atoms with Gasteiger partial charge < -0.3 is 9.64 Å². The van der Waals surface area contributed by atoms with Crippen LogP contribution >= 0.6 is 0 Å². The Bertz CT molecular complexity index is 1270. The molecule has 1 aliphatic heterocycles. The van der Waals surface area contributed by atoms with Gasteiger partial charge in [-0.3, -0.25) is 4.79 Å². The first kappa shape index (κ1) is 23.8. The monoisotopic (exact) mass is 509 g/mol. The summed E-state index contributed by atoms with van der Waals surface area (Å²) in [6.07, 6.45) is 10.6. The van der Waals surface area contributed by atoms with Gasteiger partial charge in [0.25, 0.3) is 15.9 Å². The predicted octanol–water partition coefficient (Wildman–Crippen LogP) is 4.84. The number of carbonyl (C=O) groups excluding carboxylic acids is 1. The fourth-order valence-electron chi connectivity index (χ4n) is 6.10. The van der Waals surface area contributed by atoms with E-state index in [1.807, 2.05) is 19.1 Å². The van der Waals surface area contributed by atoms with Crippen molar-refractivity contribution in [3.8, 4) is 5.75 Å². The van der Waals surface area contributed by atoms with Crippen molar-refractivity contribution in [2.75, 3.05) is 18.0 Å². The molecule has 192 valence electrons. The number of rotatable bonds is 7. The standard InChI is InChI=1S/C28H35N3O4S/c1-20-11-12-22(21-7-3-2-4-8-21)23(17-20)35-28(15-16-28)26(32)30-36(33,34)25-10-5-9-24(29-25)31-18-27(19-31)13-6-14-27/h5,9-12,17,21H,2-4,6-8,13-16,18-19H2,1H3,(H,30,32). The Kier molecular flexibility index (Phi) is 5.78. The highest BCUT2D eigenvalue weighted by Crippen LogP contribution is 2.49. The fraction of sp³-hybridized carbons (Fsp3) is 0.571. The lowest BCUT2D eigenvalue weighted by atomic mass is 9.63. The summed E-state index contributed by atoms with van der Waals surface area (Å²) in [5, 5.41) is -0.128. The fourth-order valence-corrected chi connectivity index (χ4v) is 7.10. The quantitative estimate of drug-likeness (QED) is 0.574. The van der Waals surface area contributed by atoms with Crippen molar-refractivity contribution in [1.29, 1.82) is 0 Å². The number of amides is 1. The van der Waals surface area contributed by atoms with Crippen LogP contribution < -0.4 is 14.4 Å². The summed E-state index contributed by atoms with van der Waals surface area (Å²) in [5.74, 6) is 1.18. The minimum absolute atomic E-state index is 0.128. The molecule has 8 heteroatoms. The van der Waals surface area contributed by atoms with Gasteiger partial charge in [-0.05, 0) is 67.9 Å².